The summed E-state index contributed by atoms with van der Waals surface area (Å²) in [6.07, 6.45) is 0. The smallest absolute Gasteiger partial charge is 0.258 e. The Morgan fingerprint density at radius 1 is 0.976 bits per heavy atom. The highest BCUT2D eigenvalue weighted by molar-refractivity contribution is 6.13. The second kappa shape index (κ2) is 11.7. The van der Waals surface area contributed by atoms with Gasteiger partial charge in [0.1, 0.15) is 11.8 Å². The molecule has 4 N–H and O–H groups in total. The molecule has 3 amide bonds. The molecule has 9 nitrogen and oxygen atoms in total. The van der Waals surface area contributed by atoms with Crippen LogP contribution < -0.4 is 30.9 Å². The summed E-state index contributed by atoms with van der Waals surface area (Å²) >= 11 is 0. The Balaban J connectivity index is 1.65. The van der Waals surface area contributed by atoms with Gasteiger partial charge in [-0.25, -0.2) is 0 Å². The van der Waals surface area contributed by atoms with E-state index in [1.807, 2.05) is 60.7 Å². The van der Waals surface area contributed by atoms with Crippen LogP contribution in [-0.4, -0.2) is 50.5 Å². The Kier molecular flexibility index (Phi) is 7.89. The Morgan fingerprint density at radius 3 is 2.37 bits per heavy atom. The third kappa shape index (κ3) is 5.44. The Hall–Kier alpha value is -4.89. The Bertz CT molecular complexity index is 1600. The molecule has 0 unspecified atom stereocenters. The number of methoxy groups -OCH3 is 1. The average Bonchev–Trinajstić information content (AvgIpc) is 3.11. The summed E-state index contributed by atoms with van der Waals surface area (Å²) in [5.74, 6) is -0.357. The summed E-state index contributed by atoms with van der Waals surface area (Å²) in [6, 6.07) is 24.1. The monoisotopic (exact) mass is 551 g/mol. The fraction of sp³-hybridized carbons (Fsp3) is 0.219. The standard InChI is InChI=1S/C32H33N5O4/c1-20(34-2)30(38)35-26-19-37(31(39)22-12-15-23(33)16-13-22)28-11-7-6-10-27(28)36(32(26)40)18-25-24-9-5-4-8-21(24)14-17-29(25)41-3/h4-17,20,26,34H,18-19,33H2,1-3H3,(H,35,38)/t20-,26-/m0/s1. The molecule has 0 saturated heterocycles. The topological polar surface area (TPSA) is 117 Å². The molecule has 5 rings (SSSR count). The van der Waals surface area contributed by atoms with Crippen LogP contribution in [0.3, 0.4) is 0 Å². The number of nitrogens with two attached hydrogens (primary N) is 1. The predicted octanol–water partition coefficient (Wildman–Crippen LogP) is 3.72. The number of para-hydroxylation sites is 2. The zero-order valence-corrected chi connectivity index (χ0v) is 23.3. The number of amides is 3. The number of nitrogens with one attached hydrogen (secondary N) is 2. The van der Waals surface area contributed by atoms with Gasteiger partial charge in [0.05, 0.1) is 37.6 Å². The minimum Gasteiger partial charge on any atom is -0.496 e. The molecular weight excluding hydrogens is 518 g/mol. The van der Waals surface area contributed by atoms with Gasteiger partial charge in [-0.2, -0.15) is 0 Å². The number of fused-ring (bicyclic) bond motifs is 2. The van der Waals surface area contributed by atoms with Gasteiger partial charge in [-0.1, -0.05) is 42.5 Å². The minimum absolute atomic E-state index is 0.0512. The second-order valence-corrected chi connectivity index (χ2v) is 9.99. The van der Waals surface area contributed by atoms with E-state index in [-0.39, 0.29) is 30.8 Å². The number of carbonyl (C=O) groups excluding carboxylic acids is 3. The molecular formula is C32H33N5O4. The first-order valence-corrected chi connectivity index (χ1v) is 13.4. The van der Waals surface area contributed by atoms with Gasteiger partial charge in [0, 0.05) is 16.8 Å². The maximum atomic E-state index is 14.3. The van der Waals surface area contributed by atoms with Crippen LogP contribution in [0.2, 0.25) is 0 Å². The van der Waals surface area contributed by atoms with Gasteiger partial charge in [0.25, 0.3) is 11.8 Å². The molecule has 0 radical (unpaired) electrons. The van der Waals surface area contributed by atoms with Crippen molar-refractivity contribution in [3.63, 3.8) is 0 Å². The molecule has 4 aromatic carbocycles. The molecule has 0 fully saturated rings. The van der Waals surface area contributed by atoms with Crippen LogP contribution in [0.1, 0.15) is 22.8 Å². The van der Waals surface area contributed by atoms with Crippen LogP contribution in [0.4, 0.5) is 17.1 Å². The normalized spacial score (nSPS) is 15.7. The molecule has 9 heteroatoms. The van der Waals surface area contributed by atoms with Gasteiger partial charge in [-0.15, -0.1) is 0 Å². The van der Waals surface area contributed by atoms with Crippen LogP contribution >= 0.6 is 0 Å². The summed E-state index contributed by atoms with van der Waals surface area (Å²) in [5.41, 5.74) is 8.74. The molecule has 1 heterocycles. The molecule has 1 aliphatic heterocycles. The molecule has 1 aliphatic rings. The first-order chi connectivity index (χ1) is 19.8. The number of nitrogen functional groups attached to an aromatic ring is 1. The van der Waals surface area contributed by atoms with Crippen molar-refractivity contribution in [3.05, 3.63) is 96.1 Å². The number of benzene rings is 4. The van der Waals surface area contributed by atoms with Crippen LogP contribution in [-0.2, 0) is 16.1 Å². The molecule has 0 aliphatic carbocycles. The van der Waals surface area contributed by atoms with Crippen molar-refractivity contribution in [2.24, 2.45) is 0 Å². The van der Waals surface area contributed by atoms with E-state index in [1.165, 1.54) is 0 Å². The summed E-state index contributed by atoms with van der Waals surface area (Å²) in [7, 11) is 3.27. The molecule has 0 bridgehead atoms. The second-order valence-electron chi connectivity index (χ2n) is 9.99. The summed E-state index contributed by atoms with van der Waals surface area (Å²) in [5, 5.41) is 7.74. The highest BCUT2D eigenvalue weighted by atomic mass is 16.5. The van der Waals surface area contributed by atoms with Crippen LogP contribution in [0.5, 0.6) is 5.75 Å². The van der Waals surface area contributed by atoms with E-state index in [0.29, 0.717) is 28.4 Å². The van der Waals surface area contributed by atoms with Crippen molar-refractivity contribution in [1.82, 2.24) is 10.6 Å². The van der Waals surface area contributed by atoms with Gasteiger partial charge in [0.2, 0.25) is 5.91 Å². The zero-order valence-electron chi connectivity index (χ0n) is 23.3. The highest BCUT2D eigenvalue weighted by Crippen LogP contribution is 2.37. The quantitative estimate of drug-likeness (QED) is 0.302. The number of carbonyl (C=O) groups is 3. The van der Waals surface area contributed by atoms with E-state index < -0.39 is 12.1 Å². The zero-order chi connectivity index (χ0) is 29.1. The van der Waals surface area contributed by atoms with E-state index in [2.05, 4.69) is 10.6 Å². The van der Waals surface area contributed by atoms with E-state index in [4.69, 9.17) is 10.5 Å². The molecule has 0 saturated carbocycles. The van der Waals surface area contributed by atoms with Gasteiger partial charge >= 0.3 is 0 Å². The maximum absolute atomic E-state index is 14.3. The number of ether oxygens (including phenoxy) is 1. The number of anilines is 3. The number of likely N-dealkylation sites (N-methyl/N-ethyl adjacent to an activating group) is 1. The van der Waals surface area contributed by atoms with E-state index in [9.17, 15) is 14.4 Å². The number of hydrogen-bond acceptors (Lipinski definition) is 6. The molecule has 0 aromatic heterocycles. The molecule has 4 aromatic rings. The lowest BCUT2D eigenvalue weighted by Crippen LogP contribution is -2.55. The van der Waals surface area contributed by atoms with E-state index >= 15 is 0 Å². The average molecular weight is 552 g/mol. The molecule has 210 valence electrons. The Morgan fingerprint density at radius 2 is 1.66 bits per heavy atom. The highest BCUT2D eigenvalue weighted by Gasteiger charge is 2.38. The van der Waals surface area contributed by atoms with E-state index in [1.54, 1.807) is 55.1 Å². The molecule has 41 heavy (non-hydrogen) atoms. The van der Waals surface area contributed by atoms with Crippen molar-refractivity contribution in [2.45, 2.75) is 25.6 Å². The van der Waals surface area contributed by atoms with Gasteiger partial charge in [-0.05, 0) is 67.2 Å². The van der Waals surface area contributed by atoms with Crippen molar-refractivity contribution in [2.75, 3.05) is 36.2 Å². The number of rotatable bonds is 7. The first kappa shape index (κ1) is 27.7. The first-order valence-electron chi connectivity index (χ1n) is 13.4. The third-order valence-corrected chi connectivity index (χ3v) is 7.47. The van der Waals surface area contributed by atoms with Crippen molar-refractivity contribution in [1.29, 1.82) is 0 Å². The third-order valence-electron chi connectivity index (χ3n) is 7.47. The molecule has 2 atom stereocenters. The largest absolute Gasteiger partial charge is 0.496 e. The summed E-state index contributed by atoms with van der Waals surface area (Å²) in [6.45, 7) is 1.82. The lowest BCUT2D eigenvalue weighted by Gasteiger charge is -2.27. The maximum Gasteiger partial charge on any atom is 0.258 e. The Labute approximate surface area is 238 Å². The molecule has 0 spiro atoms. The minimum atomic E-state index is -1.01. The van der Waals surface area contributed by atoms with Crippen molar-refractivity contribution in [3.8, 4) is 5.75 Å². The lowest BCUT2D eigenvalue weighted by molar-refractivity contribution is -0.128. The van der Waals surface area contributed by atoms with Crippen LogP contribution in [0.15, 0.2) is 84.9 Å². The SMILES string of the molecule is CN[C@@H](C)C(=O)N[C@H]1CN(C(=O)c2ccc(N)cc2)c2ccccc2N(Cc2c(OC)ccc3ccccc23)C1=O. The predicted molar refractivity (Wildman–Crippen MR) is 161 cm³/mol. The fourth-order valence-electron chi connectivity index (χ4n) is 5.09. The van der Waals surface area contributed by atoms with Gasteiger partial charge < -0.3 is 30.9 Å². The summed E-state index contributed by atoms with van der Waals surface area (Å²) < 4.78 is 5.72. The van der Waals surface area contributed by atoms with Gasteiger partial charge in [0.15, 0.2) is 0 Å². The van der Waals surface area contributed by atoms with Crippen LogP contribution in [0, 0.1) is 0 Å². The summed E-state index contributed by atoms with van der Waals surface area (Å²) in [4.78, 5) is 44.4. The van der Waals surface area contributed by atoms with Crippen LogP contribution in [0.25, 0.3) is 10.8 Å². The van der Waals surface area contributed by atoms with Gasteiger partial charge in [-0.3, -0.25) is 14.4 Å². The van der Waals surface area contributed by atoms with Crippen molar-refractivity contribution < 1.29 is 19.1 Å². The van der Waals surface area contributed by atoms with Crippen molar-refractivity contribution >= 4 is 45.6 Å². The number of nitrogens with zero attached hydrogens (tertiary/aromatic N) is 2. The lowest BCUT2D eigenvalue weighted by atomic mass is 10.0. The van der Waals surface area contributed by atoms with E-state index in [0.717, 1.165) is 16.3 Å². The fourth-order valence-corrected chi connectivity index (χ4v) is 5.09. The number of hydrogen-bond donors (Lipinski definition) is 3.